The molecule has 21 heavy (non-hydrogen) atoms. The second-order valence-corrected chi connectivity index (χ2v) is 6.57. The summed E-state index contributed by atoms with van der Waals surface area (Å²) in [6.45, 7) is 2.00. The van der Waals surface area contributed by atoms with E-state index in [0.29, 0.717) is 12.5 Å². The molecule has 1 amide bonds. The highest BCUT2D eigenvalue weighted by molar-refractivity contribution is 7.09. The smallest absolute Gasteiger partial charge is 0.229 e. The summed E-state index contributed by atoms with van der Waals surface area (Å²) in [4.78, 5) is 26.2. The quantitative estimate of drug-likeness (QED) is 0.869. The van der Waals surface area contributed by atoms with E-state index in [1.807, 2.05) is 4.90 Å². The molecule has 5 nitrogen and oxygen atoms in total. The van der Waals surface area contributed by atoms with Crippen molar-refractivity contribution in [2.75, 3.05) is 11.4 Å². The standard InChI is InChI=1S/C15H16N4OS/c20-15-6-14-13(19(15)11-7-16-10-17-8-11)3-4-18(14)9-12-2-1-5-21-12/h1-2,5,7-8,10,13-14H,3-4,6,9H2. The van der Waals surface area contributed by atoms with Gasteiger partial charge in [-0.15, -0.1) is 11.3 Å². The maximum atomic E-state index is 12.4. The number of nitrogens with zero attached hydrogens (tertiary/aromatic N) is 4. The molecule has 2 saturated heterocycles. The molecule has 6 heteroatoms. The van der Waals surface area contributed by atoms with Crippen LogP contribution in [-0.4, -0.2) is 39.4 Å². The molecule has 0 aliphatic carbocycles. The van der Waals surface area contributed by atoms with Crippen molar-refractivity contribution in [1.29, 1.82) is 0 Å². The van der Waals surface area contributed by atoms with Crippen molar-refractivity contribution in [3.63, 3.8) is 0 Å². The molecule has 0 radical (unpaired) electrons. The number of aromatic nitrogens is 2. The van der Waals surface area contributed by atoms with Crippen LogP contribution >= 0.6 is 11.3 Å². The van der Waals surface area contributed by atoms with E-state index in [1.54, 1.807) is 23.7 Å². The summed E-state index contributed by atoms with van der Waals surface area (Å²) in [5.41, 5.74) is 0.827. The molecule has 0 bridgehead atoms. The predicted octanol–water partition coefficient (Wildman–Crippen LogP) is 1.92. The first-order valence-electron chi connectivity index (χ1n) is 7.16. The van der Waals surface area contributed by atoms with Crippen molar-refractivity contribution < 1.29 is 4.79 Å². The molecule has 2 aliphatic rings. The maximum absolute atomic E-state index is 12.4. The monoisotopic (exact) mass is 300 g/mol. The van der Waals surface area contributed by atoms with Crippen LogP contribution in [0.4, 0.5) is 5.69 Å². The minimum absolute atomic E-state index is 0.190. The van der Waals surface area contributed by atoms with Crippen LogP contribution in [0.1, 0.15) is 17.7 Å². The van der Waals surface area contributed by atoms with Gasteiger partial charge in [-0.05, 0) is 17.9 Å². The highest BCUT2D eigenvalue weighted by Gasteiger charge is 2.47. The normalized spacial score (nSPS) is 25.5. The van der Waals surface area contributed by atoms with Crippen LogP contribution in [0, 0.1) is 0 Å². The average Bonchev–Trinajstić information content (AvgIpc) is 3.19. The maximum Gasteiger partial charge on any atom is 0.229 e. The summed E-state index contributed by atoms with van der Waals surface area (Å²) in [5, 5.41) is 2.11. The number of rotatable bonds is 3. The molecule has 2 aromatic heterocycles. The first-order chi connectivity index (χ1) is 10.3. The third-order valence-electron chi connectivity index (χ3n) is 4.37. The lowest BCUT2D eigenvalue weighted by atomic mass is 10.1. The van der Waals surface area contributed by atoms with E-state index in [1.165, 1.54) is 11.2 Å². The van der Waals surface area contributed by atoms with E-state index in [4.69, 9.17) is 0 Å². The summed E-state index contributed by atoms with van der Waals surface area (Å²) in [6, 6.07) is 4.83. The number of carbonyl (C=O) groups excluding carboxylic acids is 1. The van der Waals surface area contributed by atoms with Gasteiger partial charge in [0, 0.05) is 30.4 Å². The zero-order chi connectivity index (χ0) is 14.2. The van der Waals surface area contributed by atoms with E-state index in [9.17, 15) is 4.79 Å². The summed E-state index contributed by atoms with van der Waals surface area (Å²) in [6.07, 6.45) is 6.59. The summed E-state index contributed by atoms with van der Waals surface area (Å²) < 4.78 is 0. The number of carbonyl (C=O) groups is 1. The number of hydrogen-bond acceptors (Lipinski definition) is 5. The molecule has 2 atom stereocenters. The fourth-order valence-electron chi connectivity index (χ4n) is 3.48. The lowest BCUT2D eigenvalue weighted by Gasteiger charge is -2.24. The largest absolute Gasteiger partial charge is 0.305 e. The molecule has 2 aromatic rings. The zero-order valence-corrected chi connectivity index (χ0v) is 12.4. The van der Waals surface area contributed by atoms with Crippen molar-refractivity contribution in [2.24, 2.45) is 0 Å². The van der Waals surface area contributed by atoms with Crippen LogP contribution in [0.5, 0.6) is 0 Å². The molecule has 0 spiro atoms. The van der Waals surface area contributed by atoms with Gasteiger partial charge < -0.3 is 4.90 Å². The second-order valence-electron chi connectivity index (χ2n) is 5.54. The zero-order valence-electron chi connectivity index (χ0n) is 11.6. The van der Waals surface area contributed by atoms with Gasteiger partial charge in [-0.1, -0.05) is 6.07 Å². The minimum atomic E-state index is 0.190. The molecule has 4 rings (SSSR count). The van der Waals surface area contributed by atoms with Gasteiger partial charge in [0.05, 0.1) is 24.1 Å². The fourth-order valence-corrected chi connectivity index (χ4v) is 4.21. The molecule has 4 heterocycles. The number of thiophene rings is 1. The predicted molar refractivity (Wildman–Crippen MR) is 81.1 cm³/mol. The van der Waals surface area contributed by atoms with Crippen molar-refractivity contribution in [3.05, 3.63) is 41.1 Å². The Bertz CT molecular complexity index is 630. The van der Waals surface area contributed by atoms with Gasteiger partial charge in [0.2, 0.25) is 5.91 Å². The van der Waals surface area contributed by atoms with Crippen molar-refractivity contribution >= 4 is 22.9 Å². The molecule has 0 N–H and O–H groups in total. The average molecular weight is 300 g/mol. The van der Waals surface area contributed by atoms with Gasteiger partial charge in [0.15, 0.2) is 0 Å². The Morgan fingerprint density at radius 3 is 2.90 bits per heavy atom. The Kier molecular flexibility index (Phi) is 3.20. The minimum Gasteiger partial charge on any atom is -0.305 e. The Labute approximate surface area is 127 Å². The lowest BCUT2D eigenvalue weighted by Crippen LogP contribution is -2.37. The number of fused-ring (bicyclic) bond motifs is 1. The molecular formula is C15H16N4OS. The summed E-state index contributed by atoms with van der Waals surface area (Å²) in [5.74, 6) is 0.190. The highest BCUT2D eigenvalue weighted by Crippen LogP contribution is 2.36. The van der Waals surface area contributed by atoms with E-state index < -0.39 is 0 Å². The fraction of sp³-hybridized carbons (Fsp3) is 0.400. The topological polar surface area (TPSA) is 49.3 Å². The molecule has 2 aliphatic heterocycles. The molecule has 2 unspecified atom stereocenters. The Morgan fingerprint density at radius 1 is 1.29 bits per heavy atom. The Balaban J connectivity index is 1.55. The first kappa shape index (κ1) is 12.9. The summed E-state index contributed by atoms with van der Waals surface area (Å²) >= 11 is 1.78. The lowest BCUT2D eigenvalue weighted by molar-refractivity contribution is -0.117. The number of hydrogen-bond donors (Lipinski definition) is 0. The van der Waals surface area contributed by atoms with E-state index in [2.05, 4.69) is 32.4 Å². The van der Waals surface area contributed by atoms with E-state index >= 15 is 0 Å². The van der Waals surface area contributed by atoms with Crippen LogP contribution in [0.15, 0.2) is 36.2 Å². The van der Waals surface area contributed by atoms with Gasteiger partial charge in [-0.2, -0.15) is 0 Å². The van der Waals surface area contributed by atoms with Gasteiger partial charge in [0.1, 0.15) is 6.33 Å². The second kappa shape index (κ2) is 5.20. The van der Waals surface area contributed by atoms with Crippen LogP contribution in [0.2, 0.25) is 0 Å². The third kappa shape index (κ3) is 2.24. The van der Waals surface area contributed by atoms with Crippen LogP contribution < -0.4 is 4.90 Å². The van der Waals surface area contributed by atoms with E-state index in [-0.39, 0.29) is 11.9 Å². The first-order valence-corrected chi connectivity index (χ1v) is 8.04. The van der Waals surface area contributed by atoms with Crippen molar-refractivity contribution in [1.82, 2.24) is 14.9 Å². The molecular weight excluding hydrogens is 284 g/mol. The summed E-state index contributed by atoms with van der Waals surface area (Å²) in [7, 11) is 0. The van der Waals surface area contributed by atoms with Gasteiger partial charge >= 0.3 is 0 Å². The molecule has 0 aromatic carbocycles. The van der Waals surface area contributed by atoms with Gasteiger partial charge in [-0.3, -0.25) is 9.69 Å². The van der Waals surface area contributed by atoms with Crippen LogP contribution in [0.3, 0.4) is 0 Å². The van der Waals surface area contributed by atoms with Crippen LogP contribution in [0.25, 0.3) is 0 Å². The Hall–Kier alpha value is -1.79. The van der Waals surface area contributed by atoms with Gasteiger partial charge in [-0.25, -0.2) is 9.97 Å². The third-order valence-corrected chi connectivity index (χ3v) is 5.23. The number of likely N-dealkylation sites (tertiary alicyclic amines) is 1. The molecule has 0 saturated carbocycles. The highest BCUT2D eigenvalue weighted by atomic mass is 32.1. The molecule has 108 valence electrons. The molecule has 2 fully saturated rings. The van der Waals surface area contributed by atoms with E-state index in [0.717, 1.165) is 25.2 Å². The SMILES string of the molecule is O=C1CC2C(CCN2Cc2cccs2)N1c1cncnc1. The number of amides is 1. The van der Waals surface area contributed by atoms with Crippen LogP contribution in [-0.2, 0) is 11.3 Å². The number of anilines is 1. The van der Waals surface area contributed by atoms with Crippen molar-refractivity contribution in [3.8, 4) is 0 Å². The Morgan fingerprint density at radius 2 is 2.14 bits per heavy atom. The van der Waals surface area contributed by atoms with Gasteiger partial charge in [0.25, 0.3) is 0 Å². The van der Waals surface area contributed by atoms with Crippen molar-refractivity contribution in [2.45, 2.75) is 31.5 Å².